The van der Waals surface area contributed by atoms with Gasteiger partial charge in [0.1, 0.15) is 12.4 Å². The first kappa shape index (κ1) is 18.0. The van der Waals surface area contributed by atoms with Gasteiger partial charge in [-0.1, -0.05) is 35.2 Å². The van der Waals surface area contributed by atoms with E-state index in [9.17, 15) is 5.11 Å². The van der Waals surface area contributed by atoms with Gasteiger partial charge >= 0.3 is 0 Å². The maximum Gasteiger partial charge on any atom is 0.206 e. The van der Waals surface area contributed by atoms with Crippen LogP contribution in [-0.4, -0.2) is 40.3 Å². The Balaban J connectivity index is 1.83. The van der Waals surface area contributed by atoms with Gasteiger partial charge in [-0.25, -0.2) is 0 Å². The molecule has 0 saturated carbocycles. The molecule has 1 aromatic carbocycles. The van der Waals surface area contributed by atoms with Crippen molar-refractivity contribution in [2.75, 3.05) is 24.2 Å². The molecule has 0 aliphatic heterocycles. The van der Waals surface area contributed by atoms with Crippen molar-refractivity contribution in [2.45, 2.75) is 38.1 Å². The molecule has 0 aliphatic carbocycles. The molecule has 0 spiro atoms. The lowest BCUT2D eigenvalue weighted by atomic mass is 10.1. The molecule has 0 amide bonds. The Morgan fingerprint density at radius 1 is 1.26 bits per heavy atom. The molecule has 1 unspecified atom stereocenters. The van der Waals surface area contributed by atoms with Crippen LogP contribution >= 0.6 is 23.1 Å². The van der Waals surface area contributed by atoms with E-state index >= 15 is 0 Å². The van der Waals surface area contributed by atoms with Gasteiger partial charge in [0.15, 0.2) is 4.34 Å². The molecule has 23 heavy (non-hydrogen) atoms. The number of hydrogen-bond acceptors (Lipinski definition) is 7. The number of rotatable bonds is 8. The Morgan fingerprint density at radius 2 is 2.00 bits per heavy atom. The van der Waals surface area contributed by atoms with Gasteiger partial charge in [0.05, 0.1) is 6.10 Å². The highest BCUT2D eigenvalue weighted by molar-refractivity contribution is 8.01. The molecule has 126 valence electrons. The number of nitrogens with zero attached hydrogens (tertiary/aromatic N) is 2. The number of thioether (sulfide) groups is 1. The largest absolute Gasteiger partial charge is 0.490 e. The summed E-state index contributed by atoms with van der Waals surface area (Å²) >= 11 is 3.00. The van der Waals surface area contributed by atoms with E-state index in [-0.39, 0.29) is 6.61 Å². The van der Waals surface area contributed by atoms with E-state index in [1.54, 1.807) is 0 Å². The lowest BCUT2D eigenvalue weighted by Crippen LogP contribution is -2.20. The first-order valence-corrected chi connectivity index (χ1v) is 9.39. The highest BCUT2D eigenvalue weighted by atomic mass is 32.2. The topological polar surface area (TPSA) is 67.3 Å². The summed E-state index contributed by atoms with van der Waals surface area (Å²) in [4.78, 5) is 0. The number of hydrogen-bond donors (Lipinski definition) is 2. The van der Waals surface area contributed by atoms with E-state index in [1.807, 2.05) is 26.8 Å². The molecule has 2 aromatic rings. The summed E-state index contributed by atoms with van der Waals surface area (Å²) in [6.07, 6.45) is -0.550. The standard InChI is InChI=1S/C16H23N3O2S2/c1-5-17-15-18-19-16(23-15)22-9-13(20)8-21-14-11(3)7-6-10(2)12(14)4/h6-7,13,20H,5,8-9H2,1-4H3,(H,17,18). The van der Waals surface area contributed by atoms with Gasteiger partial charge in [0.2, 0.25) is 5.13 Å². The molecule has 5 nitrogen and oxygen atoms in total. The van der Waals surface area contributed by atoms with Crippen molar-refractivity contribution in [3.05, 3.63) is 28.8 Å². The molecule has 0 fully saturated rings. The number of aromatic nitrogens is 2. The minimum absolute atomic E-state index is 0.275. The molecular formula is C16H23N3O2S2. The molecule has 7 heteroatoms. The molecule has 1 heterocycles. The first-order chi connectivity index (χ1) is 11.0. The molecule has 1 atom stereocenters. The molecule has 2 N–H and O–H groups in total. The van der Waals surface area contributed by atoms with E-state index in [1.165, 1.54) is 28.7 Å². The lowest BCUT2D eigenvalue weighted by molar-refractivity contribution is 0.125. The van der Waals surface area contributed by atoms with Gasteiger partial charge in [-0.15, -0.1) is 10.2 Å². The zero-order valence-corrected chi connectivity index (χ0v) is 15.6. The average molecular weight is 354 g/mol. The van der Waals surface area contributed by atoms with Crippen molar-refractivity contribution in [2.24, 2.45) is 0 Å². The Kier molecular flexibility index (Phi) is 6.68. The maximum absolute atomic E-state index is 10.1. The monoisotopic (exact) mass is 353 g/mol. The summed E-state index contributed by atoms with van der Waals surface area (Å²) in [6, 6.07) is 4.13. The summed E-state index contributed by atoms with van der Waals surface area (Å²) in [5, 5.41) is 22.2. The van der Waals surface area contributed by atoms with Crippen LogP contribution in [0.2, 0.25) is 0 Å². The van der Waals surface area contributed by atoms with Gasteiger partial charge in [-0.2, -0.15) is 0 Å². The van der Waals surface area contributed by atoms with Crippen LogP contribution in [0.1, 0.15) is 23.6 Å². The molecular weight excluding hydrogens is 330 g/mol. The van der Waals surface area contributed by atoms with Gasteiger partial charge in [-0.05, 0) is 44.4 Å². The number of anilines is 1. The van der Waals surface area contributed by atoms with E-state index in [2.05, 4.69) is 28.5 Å². The van der Waals surface area contributed by atoms with Crippen molar-refractivity contribution >= 4 is 28.2 Å². The average Bonchev–Trinajstić information content (AvgIpc) is 2.97. The third kappa shape index (κ3) is 5.09. The molecule has 0 radical (unpaired) electrons. The van der Waals surface area contributed by atoms with Crippen molar-refractivity contribution in [1.29, 1.82) is 0 Å². The predicted molar refractivity (Wildman–Crippen MR) is 97.0 cm³/mol. The van der Waals surface area contributed by atoms with Crippen LogP contribution in [-0.2, 0) is 0 Å². The summed E-state index contributed by atoms with van der Waals surface area (Å²) < 4.78 is 6.68. The van der Waals surface area contributed by atoms with Crippen molar-refractivity contribution in [3.63, 3.8) is 0 Å². The Labute approximate surface area is 145 Å². The summed E-state index contributed by atoms with van der Waals surface area (Å²) in [5.41, 5.74) is 3.41. The van der Waals surface area contributed by atoms with E-state index in [4.69, 9.17) is 4.74 Å². The molecule has 0 bridgehead atoms. The number of aliphatic hydroxyl groups is 1. The third-order valence-corrected chi connectivity index (χ3v) is 5.59. The molecule has 1 aromatic heterocycles. The zero-order valence-electron chi connectivity index (χ0n) is 13.9. The summed E-state index contributed by atoms with van der Waals surface area (Å²) in [7, 11) is 0. The SMILES string of the molecule is CCNc1nnc(SCC(O)COc2c(C)ccc(C)c2C)s1. The smallest absolute Gasteiger partial charge is 0.206 e. The van der Waals surface area contributed by atoms with Crippen LogP contribution in [0.15, 0.2) is 16.5 Å². The predicted octanol–water partition coefficient (Wildman–Crippen LogP) is 3.43. The van der Waals surface area contributed by atoms with E-state index in [0.717, 1.165) is 32.9 Å². The Morgan fingerprint density at radius 3 is 2.74 bits per heavy atom. The van der Waals surface area contributed by atoms with E-state index < -0.39 is 6.10 Å². The second-order valence-electron chi connectivity index (χ2n) is 5.33. The van der Waals surface area contributed by atoms with E-state index in [0.29, 0.717) is 5.75 Å². The highest BCUT2D eigenvalue weighted by Gasteiger charge is 2.12. The highest BCUT2D eigenvalue weighted by Crippen LogP contribution is 2.27. The van der Waals surface area contributed by atoms with Gasteiger partial charge in [-0.3, -0.25) is 0 Å². The number of aliphatic hydroxyl groups excluding tert-OH is 1. The fourth-order valence-electron chi connectivity index (χ4n) is 2.03. The number of ether oxygens (including phenoxy) is 1. The number of nitrogens with one attached hydrogen (secondary N) is 1. The number of benzene rings is 1. The summed E-state index contributed by atoms with van der Waals surface area (Å²) in [5.74, 6) is 1.41. The van der Waals surface area contributed by atoms with Gasteiger partial charge in [0, 0.05) is 12.3 Å². The van der Waals surface area contributed by atoms with Crippen LogP contribution in [0.4, 0.5) is 5.13 Å². The first-order valence-electron chi connectivity index (χ1n) is 7.59. The zero-order chi connectivity index (χ0) is 16.8. The van der Waals surface area contributed by atoms with Crippen LogP contribution < -0.4 is 10.1 Å². The van der Waals surface area contributed by atoms with Crippen molar-refractivity contribution in [1.82, 2.24) is 10.2 Å². The lowest BCUT2D eigenvalue weighted by Gasteiger charge is -2.16. The number of aryl methyl sites for hydroxylation is 2. The second-order valence-corrected chi connectivity index (χ2v) is 7.58. The fourth-order valence-corrected chi connectivity index (χ4v) is 3.79. The maximum atomic E-state index is 10.1. The van der Waals surface area contributed by atoms with Crippen molar-refractivity contribution < 1.29 is 9.84 Å². The van der Waals surface area contributed by atoms with Crippen LogP contribution in [0.5, 0.6) is 5.75 Å². The van der Waals surface area contributed by atoms with Gasteiger partial charge in [0.25, 0.3) is 0 Å². The summed E-state index contributed by atoms with van der Waals surface area (Å²) in [6.45, 7) is 9.24. The second kappa shape index (κ2) is 8.52. The van der Waals surface area contributed by atoms with Crippen LogP contribution in [0, 0.1) is 20.8 Å². The van der Waals surface area contributed by atoms with Crippen LogP contribution in [0.25, 0.3) is 0 Å². The molecule has 0 saturated heterocycles. The Hall–Kier alpha value is -1.31. The third-order valence-electron chi connectivity index (χ3n) is 3.43. The minimum atomic E-state index is -0.550. The quantitative estimate of drug-likeness (QED) is 0.709. The van der Waals surface area contributed by atoms with Crippen LogP contribution in [0.3, 0.4) is 0 Å². The minimum Gasteiger partial charge on any atom is -0.490 e. The molecule has 0 aliphatic rings. The Bertz CT molecular complexity index is 646. The van der Waals surface area contributed by atoms with Gasteiger partial charge < -0.3 is 15.2 Å². The van der Waals surface area contributed by atoms with Crippen molar-refractivity contribution in [3.8, 4) is 5.75 Å². The normalized spacial score (nSPS) is 12.2. The molecule has 2 rings (SSSR count). The fraction of sp³-hybridized carbons (Fsp3) is 0.500.